The second kappa shape index (κ2) is 4.84. The molecule has 2 N–H and O–H groups in total. The van der Waals surface area contributed by atoms with Crippen LogP contribution < -0.4 is 5.69 Å². The van der Waals surface area contributed by atoms with Crippen LogP contribution in [-0.2, 0) is 9.59 Å². The minimum atomic E-state index is -1.00. The summed E-state index contributed by atoms with van der Waals surface area (Å²) in [6.07, 6.45) is 0.523. The number of nitrogens with one attached hydrogen (secondary N) is 1. The van der Waals surface area contributed by atoms with Gasteiger partial charge in [0.05, 0.1) is 5.75 Å². The van der Waals surface area contributed by atoms with Crippen molar-refractivity contribution in [2.24, 2.45) is 0 Å². The number of carbonyl (C=O) groups excluding carboxylic acids is 1. The molecule has 1 aromatic heterocycles. The summed E-state index contributed by atoms with van der Waals surface area (Å²) in [5, 5.41) is 14.8. The first-order valence-corrected chi connectivity index (χ1v) is 6.25. The van der Waals surface area contributed by atoms with E-state index in [4.69, 9.17) is 5.11 Å². The lowest BCUT2D eigenvalue weighted by atomic mass is 10.2. The number of nitrogens with zero attached hydrogens (tertiary/aromatic N) is 3. The predicted molar refractivity (Wildman–Crippen MR) is 62.5 cm³/mol. The maximum absolute atomic E-state index is 11.8. The number of rotatable bonds is 4. The van der Waals surface area contributed by atoms with E-state index >= 15 is 0 Å². The zero-order chi connectivity index (χ0) is 13.3. The first-order valence-electron chi connectivity index (χ1n) is 5.27. The fraction of sp³-hybridized carbons (Fsp3) is 0.556. The maximum atomic E-state index is 11.8. The number of hydrogen-bond acceptors (Lipinski definition) is 5. The van der Waals surface area contributed by atoms with Gasteiger partial charge in [0.15, 0.2) is 5.16 Å². The summed E-state index contributed by atoms with van der Waals surface area (Å²) in [6.45, 7) is 0.574. The average molecular weight is 272 g/mol. The molecule has 1 aromatic rings. The Bertz CT molecular complexity index is 537. The number of carboxylic acids is 1. The predicted octanol–water partition coefficient (Wildman–Crippen LogP) is -0.849. The second-order valence-electron chi connectivity index (χ2n) is 3.93. The van der Waals surface area contributed by atoms with Crippen molar-refractivity contribution in [1.82, 2.24) is 19.7 Å². The van der Waals surface area contributed by atoms with Gasteiger partial charge in [-0.3, -0.25) is 14.2 Å². The number of carbonyl (C=O) groups is 2. The van der Waals surface area contributed by atoms with E-state index in [1.165, 1.54) is 9.47 Å². The second-order valence-corrected chi connectivity index (χ2v) is 4.87. The van der Waals surface area contributed by atoms with Crippen LogP contribution in [0.1, 0.15) is 12.5 Å². The van der Waals surface area contributed by atoms with Gasteiger partial charge in [-0.15, -0.1) is 5.10 Å². The zero-order valence-electron chi connectivity index (χ0n) is 9.62. The lowest BCUT2D eigenvalue weighted by molar-refractivity contribution is -0.134. The highest BCUT2D eigenvalue weighted by atomic mass is 32.2. The number of H-pyrrole nitrogens is 1. The van der Waals surface area contributed by atoms with E-state index in [1.54, 1.807) is 7.05 Å². The molecule has 0 aliphatic carbocycles. The lowest BCUT2D eigenvalue weighted by Crippen LogP contribution is -2.30. The number of likely N-dealkylation sites (tertiary alicyclic amines) is 1. The van der Waals surface area contributed by atoms with Crippen LogP contribution in [0.2, 0.25) is 0 Å². The number of aromatic nitrogens is 3. The van der Waals surface area contributed by atoms with E-state index in [0.717, 1.165) is 11.8 Å². The van der Waals surface area contributed by atoms with Crippen molar-refractivity contribution >= 4 is 23.6 Å². The standard InChI is InChI=1S/C9H12N4O4S/c1-12-3-2-5(7(12)16)13-8(17)10-11-9(13)18-4-6(14)15/h5H,2-4H2,1H3,(H,10,17)(H,14,15). The van der Waals surface area contributed by atoms with Gasteiger partial charge in [-0.05, 0) is 6.42 Å². The van der Waals surface area contributed by atoms with Crippen molar-refractivity contribution in [1.29, 1.82) is 0 Å². The molecular formula is C9H12N4O4S. The van der Waals surface area contributed by atoms with Crippen LogP contribution >= 0.6 is 11.8 Å². The Hall–Kier alpha value is -1.77. The Kier molecular flexibility index (Phi) is 3.41. The Morgan fingerprint density at radius 2 is 2.33 bits per heavy atom. The number of likely N-dealkylation sites (N-methyl/N-ethyl adjacent to an activating group) is 1. The van der Waals surface area contributed by atoms with Gasteiger partial charge in [0.2, 0.25) is 5.91 Å². The molecule has 1 atom stereocenters. The van der Waals surface area contributed by atoms with E-state index < -0.39 is 17.7 Å². The van der Waals surface area contributed by atoms with Crippen molar-refractivity contribution < 1.29 is 14.7 Å². The maximum Gasteiger partial charge on any atom is 0.344 e. The molecule has 0 spiro atoms. The monoisotopic (exact) mass is 272 g/mol. The number of amides is 1. The molecule has 0 aromatic carbocycles. The average Bonchev–Trinajstić information content (AvgIpc) is 2.82. The SMILES string of the molecule is CN1CCC(n2c(SCC(=O)O)n[nH]c2=O)C1=O. The molecule has 0 radical (unpaired) electrons. The van der Waals surface area contributed by atoms with Gasteiger partial charge < -0.3 is 10.0 Å². The fourth-order valence-electron chi connectivity index (χ4n) is 1.84. The highest BCUT2D eigenvalue weighted by Gasteiger charge is 2.33. The van der Waals surface area contributed by atoms with Gasteiger partial charge in [-0.2, -0.15) is 0 Å². The van der Waals surface area contributed by atoms with Crippen molar-refractivity contribution in [3.05, 3.63) is 10.5 Å². The molecule has 1 saturated heterocycles. The third-order valence-electron chi connectivity index (χ3n) is 2.71. The van der Waals surface area contributed by atoms with Crippen LogP contribution in [0, 0.1) is 0 Å². The molecule has 8 nitrogen and oxygen atoms in total. The minimum absolute atomic E-state index is 0.157. The molecule has 2 rings (SSSR count). The summed E-state index contributed by atoms with van der Waals surface area (Å²) >= 11 is 0.916. The van der Waals surface area contributed by atoms with E-state index in [2.05, 4.69) is 10.2 Å². The fourth-order valence-corrected chi connectivity index (χ4v) is 2.55. The van der Waals surface area contributed by atoms with Crippen LogP contribution in [0.25, 0.3) is 0 Å². The molecule has 2 heterocycles. The topological polar surface area (TPSA) is 108 Å². The summed E-state index contributed by atoms with van der Waals surface area (Å²) < 4.78 is 1.24. The van der Waals surface area contributed by atoms with Gasteiger partial charge in [-0.25, -0.2) is 9.89 Å². The molecule has 1 aliphatic rings. The molecule has 1 fully saturated rings. The molecule has 1 aliphatic heterocycles. The minimum Gasteiger partial charge on any atom is -0.481 e. The Balaban J connectivity index is 2.27. The summed E-state index contributed by atoms with van der Waals surface area (Å²) in [7, 11) is 1.66. The van der Waals surface area contributed by atoms with Crippen LogP contribution in [0.5, 0.6) is 0 Å². The van der Waals surface area contributed by atoms with Crippen molar-refractivity contribution in [2.75, 3.05) is 19.3 Å². The molecule has 0 bridgehead atoms. The Labute approximate surface area is 106 Å². The Morgan fingerprint density at radius 3 is 2.89 bits per heavy atom. The van der Waals surface area contributed by atoms with Gasteiger partial charge in [-0.1, -0.05) is 11.8 Å². The number of carboxylic acid groups (broad SMARTS) is 1. The van der Waals surface area contributed by atoms with Crippen molar-refractivity contribution in [2.45, 2.75) is 17.6 Å². The highest BCUT2D eigenvalue weighted by molar-refractivity contribution is 7.99. The number of hydrogen-bond donors (Lipinski definition) is 2. The van der Waals surface area contributed by atoms with Gasteiger partial charge >= 0.3 is 11.7 Å². The largest absolute Gasteiger partial charge is 0.481 e. The third-order valence-corrected chi connectivity index (χ3v) is 3.65. The molecule has 9 heteroatoms. The zero-order valence-corrected chi connectivity index (χ0v) is 10.4. The van der Waals surface area contributed by atoms with Gasteiger partial charge in [0, 0.05) is 13.6 Å². The van der Waals surface area contributed by atoms with Crippen molar-refractivity contribution in [3.8, 4) is 0 Å². The normalized spacial score (nSPS) is 19.5. The molecular weight excluding hydrogens is 260 g/mol. The van der Waals surface area contributed by atoms with E-state index in [9.17, 15) is 14.4 Å². The summed E-state index contributed by atoms with van der Waals surface area (Å²) in [4.78, 5) is 35.5. The summed E-state index contributed by atoms with van der Waals surface area (Å²) in [5.74, 6) is -1.37. The number of aromatic amines is 1. The highest BCUT2D eigenvalue weighted by Crippen LogP contribution is 2.25. The van der Waals surface area contributed by atoms with E-state index in [1.807, 2.05) is 0 Å². The number of thioether (sulfide) groups is 1. The van der Waals surface area contributed by atoms with Crippen LogP contribution in [-0.4, -0.2) is 56.0 Å². The molecule has 1 amide bonds. The summed E-state index contributed by atoms with van der Waals surface area (Å²) in [6, 6.07) is -0.586. The third kappa shape index (κ3) is 2.26. The Morgan fingerprint density at radius 1 is 1.61 bits per heavy atom. The lowest BCUT2D eigenvalue weighted by Gasteiger charge is -2.11. The van der Waals surface area contributed by atoms with Gasteiger partial charge in [0.25, 0.3) is 0 Å². The van der Waals surface area contributed by atoms with Crippen LogP contribution in [0.15, 0.2) is 9.95 Å². The quantitative estimate of drug-likeness (QED) is 0.691. The first-order chi connectivity index (χ1) is 8.50. The summed E-state index contributed by atoms with van der Waals surface area (Å²) in [5.41, 5.74) is -0.489. The molecule has 0 saturated carbocycles. The molecule has 98 valence electrons. The molecule has 18 heavy (non-hydrogen) atoms. The van der Waals surface area contributed by atoms with E-state index in [0.29, 0.717) is 13.0 Å². The van der Waals surface area contributed by atoms with E-state index in [-0.39, 0.29) is 16.8 Å². The van der Waals surface area contributed by atoms with Gasteiger partial charge in [0.1, 0.15) is 6.04 Å². The molecule has 1 unspecified atom stereocenters. The van der Waals surface area contributed by atoms with Crippen molar-refractivity contribution in [3.63, 3.8) is 0 Å². The van der Waals surface area contributed by atoms with Crippen LogP contribution in [0.3, 0.4) is 0 Å². The van der Waals surface area contributed by atoms with Crippen LogP contribution in [0.4, 0.5) is 0 Å². The first kappa shape index (κ1) is 12.7. The smallest absolute Gasteiger partial charge is 0.344 e. The number of aliphatic carboxylic acids is 1.